The lowest BCUT2D eigenvalue weighted by atomic mass is 9.79. The molecule has 20 heavy (non-hydrogen) atoms. The maximum Gasteiger partial charge on any atom is 0.161 e. The van der Waals surface area contributed by atoms with Crippen molar-refractivity contribution in [3.63, 3.8) is 0 Å². The van der Waals surface area contributed by atoms with Gasteiger partial charge in [0.25, 0.3) is 0 Å². The largest absolute Gasteiger partial charge is 0.334 e. The SMILES string of the molecule is Cc1ccc(Cl)c(NC2=NC3(CCC(C)CC3)CS2)c1. The Labute approximate surface area is 130 Å². The quantitative estimate of drug-likeness (QED) is 0.779. The molecule has 1 aliphatic heterocycles. The summed E-state index contributed by atoms with van der Waals surface area (Å²) in [5.41, 5.74) is 2.37. The summed E-state index contributed by atoms with van der Waals surface area (Å²) in [4.78, 5) is 4.99. The smallest absolute Gasteiger partial charge is 0.161 e. The van der Waals surface area contributed by atoms with E-state index in [1.807, 2.05) is 23.9 Å². The molecule has 1 heterocycles. The van der Waals surface area contributed by atoms with Gasteiger partial charge >= 0.3 is 0 Å². The second-order valence-electron chi connectivity index (χ2n) is 6.22. The van der Waals surface area contributed by atoms with Crippen LogP contribution < -0.4 is 5.32 Å². The fourth-order valence-electron chi connectivity index (χ4n) is 2.95. The summed E-state index contributed by atoms with van der Waals surface area (Å²) < 4.78 is 0. The topological polar surface area (TPSA) is 24.4 Å². The Hall–Kier alpha value is -0.670. The monoisotopic (exact) mass is 308 g/mol. The van der Waals surface area contributed by atoms with E-state index in [0.29, 0.717) is 0 Å². The third-order valence-electron chi connectivity index (χ3n) is 4.38. The molecule has 0 radical (unpaired) electrons. The highest BCUT2D eigenvalue weighted by atomic mass is 35.5. The van der Waals surface area contributed by atoms with Gasteiger partial charge in [-0.15, -0.1) is 0 Å². The number of aliphatic imine (C=N–C) groups is 1. The molecule has 2 aliphatic rings. The molecule has 2 nitrogen and oxygen atoms in total. The summed E-state index contributed by atoms with van der Waals surface area (Å²) >= 11 is 8.08. The van der Waals surface area contributed by atoms with Crippen molar-refractivity contribution in [2.75, 3.05) is 11.1 Å². The zero-order valence-electron chi connectivity index (χ0n) is 12.1. The van der Waals surface area contributed by atoms with Gasteiger partial charge in [-0.1, -0.05) is 36.4 Å². The molecule has 1 fully saturated rings. The first-order valence-electron chi connectivity index (χ1n) is 7.32. The van der Waals surface area contributed by atoms with Crippen LogP contribution in [0.1, 0.15) is 38.2 Å². The van der Waals surface area contributed by atoms with Crippen LogP contribution in [0.15, 0.2) is 23.2 Å². The summed E-state index contributed by atoms with van der Waals surface area (Å²) in [6.45, 7) is 4.43. The van der Waals surface area contributed by atoms with Crippen LogP contribution in [-0.2, 0) is 0 Å². The van der Waals surface area contributed by atoms with Crippen molar-refractivity contribution in [1.29, 1.82) is 0 Å². The summed E-state index contributed by atoms with van der Waals surface area (Å²) in [5, 5.41) is 5.21. The van der Waals surface area contributed by atoms with Crippen molar-refractivity contribution in [2.45, 2.75) is 45.1 Å². The molecule has 1 saturated carbocycles. The van der Waals surface area contributed by atoms with Gasteiger partial charge in [-0.3, -0.25) is 4.99 Å². The first-order valence-corrected chi connectivity index (χ1v) is 8.69. The number of halogens is 1. The van der Waals surface area contributed by atoms with Crippen LogP contribution in [0.4, 0.5) is 5.69 Å². The third kappa shape index (κ3) is 2.99. The van der Waals surface area contributed by atoms with Gasteiger partial charge in [0.15, 0.2) is 5.17 Å². The number of nitrogens with one attached hydrogen (secondary N) is 1. The van der Waals surface area contributed by atoms with Gasteiger partial charge in [0, 0.05) is 5.75 Å². The molecule has 1 aliphatic carbocycles. The molecular weight excluding hydrogens is 288 g/mol. The van der Waals surface area contributed by atoms with Crippen molar-refractivity contribution in [1.82, 2.24) is 0 Å². The number of thioether (sulfide) groups is 1. The molecule has 4 heteroatoms. The van der Waals surface area contributed by atoms with E-state index >= 15 is 0 Å². The van der Waals surface area contributed by atoms with Crippen molar-refractivity contribution in [2.24, 2.45) is 10.9 Å². The molecule has 0 atom stereocenters. The summed E-state index contributed by atoms with van der Waals surface area (Å²) in [6, 6.07) is 6.05. The average molecular weight is 309 g/mol. The van der Waals surface area contributed by atoms with Crippen molar-refractivity contribution >= 4 is 34.2 Å². The lowest BCUT2D eigenvalue weighted by Crippen LogP contribution is -2.32. The molecule has 108 valence electrons. The Morgan fingerprint density at radius 1 is 1.35 bits per heavy atom. The second kappa shape index (κ2) is 5.61. The number of hydrogen-bond acceptors (Lipinski definition) is 3. The standard InChI is InChI=1S/C16H21ClN2S/c1-11-5-7-16(8-6-11)10-20-15(19-16)18-14-9-12(2)3-4-13(14)17/h3-4,9,11H,5-8,10H2,1-2H3,(H,18,19). The number of aryl methyl sites for hydroxylation is 1. The van der Waals surface area contributed by atoms with E-state index in [-0.39, 0.29) is 5.54 Å². The number of amidine groups is 1. The van der Waals surface area contributed by atoms with Gasteiger partial charge in [0.05, 0.1) is 16.2 Å². The highest BCUT2D eigenvalue weighted by Gasteiger charge is 2.38. The minimum atomic E-state index is 0.190. The summed E-state index contributed by atoms with van der Waals surface area (Å²) in [7, 11) is 0. The molecule has 1 aromatic rings. The Balaban J connectivity index is 1.74. The maximum atomic E-state index is 6.24. The molecule has 0 aromatic heterocycles. The molecule has 0 unspecified atom stereocenters. The van der Waals surface area contributed by atoms with E-state index in [4.69, 9.17) is 16.6 Å². The second-order valence-corrected chi connectivity index (χ2v) is 7.59. The summed E-state index contributed by atoms with van der Waals surface area (Å²) in [6.07, 6.45) is 5.08. The number of anilines is 1. The van der Waals surface area contributed by atoms with E-state index < -0.39 is 0 Å². The van der Waals surface area contributed by atoms with E-state index in [1.165, 1.54) is 31.2 Å². The molecule has 1 aromatic carbocycles. The number of benzene rings is 1. The van der Waals surface area contributed by atoms with Gasteiger partial charge in [0.2, 0.25) is 0 Å². The zero-order valence-corrected chi connectivity index (χ0v) is 13.7. The van der Waals surface area contributed by atoms with E-state index in [1.54, 1.807) is 0 Å². The lowest BCUT2D eigenvalue weighted by Gasteiger charge is -2.32. The molecule has 0 amide bonds. The van der Waals surface area contributed by atoms with Gasteiger partial charge in [-0.05, 0) is 56.2 Å². The van der Waals surface area contributed by atoms with Gasteiger partial charge < -0.3 is 5.32 Å². The highest BCUT2D eigenvalue weighted by molar-refractivity contribution is 8.14. The molecule has 0 saturated heterocycles. The summed E-state index contributed by atoms with van der Waals surface area (Å²) in [5.74, 6) is 1.98. The van der Waals surface area contributed by atoms with Crippen LogP contribution in [0.2, 0.25) is 5.02 Å². The van der Waals surface area contributed by atoms with Crippen molar-refractivity contribution in [3.05, 3.63) is 28.8 Å². The van der Waals surface area contributed by atoms with Crippen LogP contribution in [-0.4, -0.2) is 16.5 Å². The third-order valence-corrected chi connectivity index (χ3v) is 5.86. The van der Waals surface area contributed by atoms with Crippen LogP contribution in [0.5, 0.6) is 0 Å². The number of nitrogens with zero attached hydrogens (tertiary/aromatic N) is 1. The number of hydrogen-bond donors (Lipinski definition) is 1. The maximum absolute atomic E-state index is 6.24. The minimum absolute atomic E-state index is 0.190. The Kier molecular flexibility index (Phi) is 4.00. The Bertz CT molecular complexity index is 533. The van der Waals surface area contributed by atoms with E-state index in [0.717, 1.165) is 27.5 Å². The Morgan fingerprint density at radius 3 is 2.85 bits per heavy atom. The van der Waals surface area contributed by atoms with Crippen LogP contribution in [0.3, 0.4) is 0 Å². The van der Waals surface area contributed by atoms with E-state index in [9.17, 15) is 0 Å². The molecule has 3 rings (SSSR count). The fraction of sp³-hybridized carbons (Fsp3) is 0.562. The average Bonchev–Trinajstić information content (AvgIpc) is 2.81. The first kappa shape index (κ1) is 14.3. The predicted molar refractivity (Wildman–Crippen MR) is 90.1 cm³/mol. The molecule has 1 spiro atoms. The number of rotatable bonds is 1. The van der Waals surface area contributed by atoms with Gasteiger partial charge in [-0.25, -0.2) is 0 Å². The van der Waals surface area contributed by atoms with Crippen molar-refractivity contribution < 1.29 is 0 Å². The van der Waals surface area contributed by atoms with Crippen LogP contribution >= 0.6 is 23.4 Å². The van der Waals surface area contributed by atoms with Gasteiger partial charge in [0.1, 0.15) is 0 Å². The highest BCUT2D eigenvalue weighted by Crippen LogP contribution is 2.42. The predicted octanol–water partition coefficient (Wildman–Crippen LogP) is 5.11. The fourth-order valence-corrected chi connectivity index (χ4v) is 4.32. The minimum Gasteiger partial charge on any atom is -0.334 e. The van der Waals surface area contributed by atoms with Crippen molar-refractivity contribution in [3.8, 4) is 0 Å². The van der Waals surface area contributed by atoms with Crippen LogP contribution in [0.25, 0.3) is 0 Å². The molecule has 1 N–H and O–H groups in total. The van der Waals surface area contributed by atoms with Crippen LogP contribution in [0, 0.1) is 12.8 Å². The molecular formula is C16H21ClN2S. The van der Waals surface area contributed by atoms with Gasteiger partial charge in [-0.2, -0.15) is 0 Å². The Morgan fingerprint density at radius 2 is 2.10 bits per heavy atom. The normalized spacial score (nSPS) is 29.6. The zero-order chi connectivity index (χ0) is 14.2. The molecule has 0 bridgehead atoms. The first-order chi connectivity index (χ1) is 9.56. The van der Waals surface area contributed by atoms with E-state index in [2.05, 4.69) is 25.2 Å². The lowest BCUT2D eigenvalue weighted by molar-refractivity contribution is 0.273.